The molecule has 3 unspecified atom stereocenters. The summed E-state index contributed by atoms with van der Waals surface area (Å²) in [6.07, 6.45) is -0.461. The van der Waals surface area contributed by atoms with Gasteiger partial charge in [-0.15, -0.1) is 11.6 Å². The van der Waals surface area contributed by atoms with Gasteiger partial charge in [0.25, 0.3) is 0 Å². The third kappa shape index (κ3) is 1.94. The normalized spacial score (nSPS) is 43.7. The minimum atomic E-state index is -3.74. The summed E-state index contributed by atoms with van der Waals surface area (Å²) in [4.78, 5) is 8.67. The van der Waals surface area contributed by atoms with Crippen LogP contribution in [0.15, 0.2) is 0 Å². The SMILES string of the molecule is CC(Cl)C1COP(=O)(O)O1. The highest BCUT2D eigenvalue weighted by molar-refractivity contribution is 7.47. The van der Waals surface area contributed by atoms with Crippen molar-refractivity contribution in [2.24, 2.45) is 0 Å². The Morgan fingerprint density at radius 2 is 2.50 bits per heavy atom. The molecule has 0 spiro atoms. The first kappa shape index (κ1) is 8.50. The average Bonchev–Trinajstić information content (AvgIpc) is 2.10. The molecule has 0 saturated carbocycles. The van der Waals surface area contributed by atoms with Crippen molar-refractivity contribution < 1.29 is 18.5 Å². The summed E-state index contributed by atoms with van der Waals surface area (Å²) in [5, 5.41) is -0.303. The van der Waals surface area contributed by atoms with Crippen molar-refractivity contribution in [3.63, 3.8) is 0 Å². The Kier molecular flexibility index (Phi) is 2.38. The van der Waals surface area contributed by atoms with Gasteiger partial charge in [-0.2, -0.15) is 0 Å². The van der Waals surface area contributed by atoms with Crippen LogP contribution in [-0.4, -0.2) is 23.0 Å². The topological polar surface area (TPSA) is 55.8 Å². The maximum absolute atomic E-state index is 10.6. The molecular formula is C4H8ClO4P. The predicted molar refractivity (Wildman–Crippen MR) is 36.0 cm³/mol. The van der Waals surface area contributed by atoms with Crippen molar-refractivity contribution in [1.82, 2.24) is 0 Å². The predicted octanol–water partition coefficient (Wildman–Crippen LogP) is 1.13. The van der Waals surface area contributed by atoms with Crippen LogP contribution in [0.25, 0.3) is 0 Å². The molecule has 1 rings (SSSR count). The highest BCUT2D eigenvalue weighted by Gasteiger charge is 2.37. The van der Waals surface area contributed by atoms with E-state index in [0.717, 1.165) is 0 Å². The van der Waals surface area contributed by atoms with Gasteiger partial charge in [0.2, 0.25) is 0 Å². The zero-order valence-electron chi connectivity index (χ0n) is 5.36. The second-order valence-corrected chi connectivity index (χ2v) is 4.18. The molecule has 0 aromatic rings. The Morgan fingerprint density at radius 1 is 1.90 bits per heavy atom. The molecule has 0 radical (unpaired) electrons. The van der Waals surface area contributed by atoms with Gasteiger partial charge >= 0.3 is 7.82 Å². The van der Waals surface area contributed by atoms with E-state index in [1.807, 2.05) is 0 Å². The van der Waals surface area contributed by atoms with Crippen LogP contribution in [0.4, 0.5) is 0 Å². The van der Waals surface area contributed by atoms with Crippen molar-refractivity contribution in [3.05, 3.63) is 0 Å². The second kappa shape index (κ2) is 2.80. The van der Waals surface area contributed by atoms with E-state index in [4.69, 9.17) is 16.5 Å². The molecule has 60 valence electrons. The number of halogens is 1. The second-order valence-electron chi connectivity index (χ2n) is 2.09. The van der Waals surface area contributed by atoms with E-state index in [9.17, 15) is 4.57 Å². The number of alkyl halides is 1. The van der Waals surface area contributed by atoms with Gasteiger partial charge in [0.15, 0.2) is 0 Å². The van der Waals surface area contributed by atoms with Crippen LogP contribution in [-0.2, 0) is 13.6 Å². The fourth-order valence-electron chi connectivity index (χ4n) is 0.616. The Bertz CT molecular complexity index is 171. The van der Waals surface area contributed by atoms with E-state index in [1.54, 1.807) is 6.92 Å². The van der Waals surface area contributed by atoms with Crippen LogP contribution in [0.2, 0.25) is 0 Å². The van der Waals surface area contributed by atoms with Gasteiger partial charge in [0.1, 0.15) is 6.10 Å². The Labute approximate surface area is 63.7 Å². The smallest absolute Gasteiger partial charge is 0.302 e. The number of phosphoric acid groups is 1. The van der Waals surface area contributed by atoms with Crippen LogP contribution >= 0.6 is 19.4 Å². The highest BCUT2D eigenvalue weighted by atomic mass is 35.5. The lowest BCUT2D eigenvalue weighted by Gasteiger charge is -2.07. The van der Waals surface area contributed by atoms with Crippen LogP contribution in [0, 0.1) is 0 Å². The summed E-state index contributed by atoms with van der Waals surface area (Å²) >= 11 is 5.57. The number of hydrogen-bond acceptors (Lipinski definition) is 3. The molecule has 0 amide bonds. The van der Waals surface area contributed by atoms with Crippen molar-refractivity contribution in [2.75, 3.05) is 6.61 Å². The van der Waals surface area contributed by atoms with Crippen molar-refractivity contribution in [2.45, 2.75) is 18.4 Å². The largest absolute Gasteiger partial charge is 0.472 e. The van der Waals surface area contributed by atoms with E-state index in [0.29, 0.717) is 0 Å². The summed E-state index contributed by atoms with van der Waals surface area (Å²) < 4.78 is 19.6. The van der Waals surface area contributed by atoms with Gasteiger partial charge in [0, 0.05) is 0 Å². The maximum atomic E-state index is 10.6. The maximum Gasteiger partial charge on any atom is 0.472 e. The molecule has 1 N–H and O–H groups in total. The highest BCUT2D eigenvalue weighted by Crippen LogP contribution is 2.50. The van der Waals surface area contributed by atoms with E-state index in [-0.39, 0.29) is 12.0 Å². The summed E-state index contributed by atoms with van der Waals surface area (Å²) in [6, 6.07) is 0. The molecule has 1 aliphatic rings. The van der Waals surface area contributed by atoms with Gasteiger partial charge in [0.05, 0.1) is 12.0 Å². The van der Waals surface area contributed by atoms with E-state index < -0.39 is 13.9 Å². The minimum absolute atomic E-state index is 0.0957. The van der Waals surface area contributed by atoms with Crippen LogP contribution in [0.3, 0.4) is 0 Å². The molecule has 0 aromatic carbocycles. The molecule has 0 aliphatic carbocycles. The summed E-state index contributed by atoms with van der Waals surface area (Å²) in [5.41, 5.74) is 0. The number of hydrogen-bond donors (Lipinski definition) is 1. The van der Waals surface area contributed by atoms with Crippen LogP contribution < -0.4 is 0 Å². The first-order valence-electron chi connectivity index (χ1n) is 2.81. The average molecular weight is 187 g/mol. The van der Waals surface area contributed by atoms with E-state index in [2.05, 4.69) is 9.05 Å². The molecule has 1 saturated heterocycles. The molecule has 1 aliphatic heterocycles. The first-order chi connectivity index (χ1) is 4.51. The molecule has 6 heteroatoms. The Balaban J connectivity index is 2.51. The molecule has 1 fully saturated rings. The molecule has 10 heavy (non-hydrogen) atoms. The molecule has 4 nitrogen and oxygen atoms in total. The lowest BCUT2D eigenvalue weighted by atomic mass is 10.3. The third-order valence-electron chi connectivity index (χ3n) is 1.18. The van der Waals surface area contributed by atoms with Gasteiger partial charge in [-0.3, -0.25) is 9.05 Å². The lowest BCUT2D eigenvalue weighted by molar-refractivity contribution is 0.213. The van der Waals surface area contributed by atoms with Crippen LogP contribution in [0.1, 0.15) is 6.92 Å². The standard InChI is InChI=1S/C4H8ClO4P/c1-3(5)4-2-8-10(6,7)9-4/h3-4H,2H2,1H3,(H,6,7). The zero-order chi connectivity index (χ0) is 7.78. The van der Waals surface area contributed by atoms with E-state index in [1.165, 1.54) is 0 Å². The number of phosphoric ester groups is 1. The molecular weight excluding hydrogens is 178 g/mol. The minimum Gasteiger partial charge on any atom is -0.302 e. The molecule has 0 aromatic heterocycles. The Morgan fingerprint density at radius 3 is 2.70 bits per heavy atom. The fourth-order valence-corrected chi connectivity index (χ4v) is 1.79. The van der Waals surface area contributed by atoms with Crippen molar-refractivity contribution >= 4 is 19.4 Å². The van der Waals surface area contributed by atoms with Gasteiger partial charge in [-0.25, -0.2) is 4.57 Å². The third-order valence-corrected chi connectivity index (χ3v) is 2.48. The van der Waals surface area contributed by atoms with E-state index >= 15 is 0 Å². The monoisotopic (exact) mass is 186 g/mol. The quantitative estimate of drug-likeness (QED) is 0.493. The van der Waals surface area contributed by atoms with Crippen LogP contribution in [0.5, 0.6) is 0 Å². The Hall–Kier alpha value is 0.400. The zero-order valence-corrected chi connectivity index (χ0v) is 7.01. The number of rotatable bonds is 1. The van der Waals surface area contributed by atoms with Crippen molar-refractivity contribution in [1.29, 1.82) is 0 Å². The molecule has 0 bridgehead atoms. The summed E-state index contributed by atoms with van der Waals surface area (Å²) in [6.45, 7) is 1.78. The van der Waals surface area contributed by atoms with Crippen molar-refractivity contribution in [3.8, 4) is 0 Å². The summed E-state index contributed by atoms with van der Waals surface area (Å²) in [7, 11) is -3.74. The fraction of sp³-hybridized carbons (Fsp3) is 1.00. The molecule has 1 heterocycles. The van der Waals surface area contributed by atoms with Gasteiger partial charge in [-0.05, 0) is 6.92 Å². The first-order valence-corrected chi connectivity index (χ1v) is 4.74. The van der Waals surface area contributed by atoms with Gasteiger partial charge in [-0.1, -0.05) is 0 Å². The molecule has 3 atom stereocenters. The lowest BCUT2D eigenvalue weighted by Crippen LogP contribution is -2.19. The van der Waals surface area contributed by atoms with Gasteiger partial charge < -0.3 is 4.89 Å². The summed E-state index contributed by atoms with van der Waals surface area (Å²) in [5.74, 6) is 0.